The summed E-state index contributed by atoms with van der Waals surface area (Å²) in [5.74, 6) is 0.605. The molecule has 0 aliphatic heterocycles. The molecule has 35 heavy (non-hydrogen) atoms. The van der Waals surface area contributed by atoms with Gasteiger partial charge in [-0.25, -0.2) is 9.97 Å². The maximum Gasteiger partial charge on any atom is 0.161 e. The van der Waals surface area contributed by atoms with Gasteiger partial charge < -0.3 is 10.3 Å². The quantitative estimate of drug-likeness (QED) is 0.307. The molecule has 3 N–H and O–H groups in total. The second-order valence-electron chi connectivity index (χ2n) is 8.09. The van der Waals surface area contributed by atoms with Crippen molar-refractivity contribution in [2.45, 2.75) is 13.3 Å². The zero-order chi connectivity index (χ0) is 23.8. The lowest BCUT2D eigenvalue weighted by atomic mass is 10.1. The third-order valence-electron chi connectivity index (χ3n) is 5.75. The first-order valence-electron chi connectivity index (χ1n) is 11.2. The van der Waals surface area contributed by atoms with Gasteiger partial charge in [-0.05, 0) is 36.8 Å². The Hall–Kier alpha value is -4.92. The molecular weight excluding hydrogens is 438 g/mol. The predicted molar refractivity (Wildman–Crippen MR) is 136 cm³/mol. The lowest BCUT2D eigenvalue weighted by Crippen LogP contribution is -1.97. The fourth-order valence-electron chi connectivity index (χ4n) is 3.92. The van der Waals surface area contributed by atoms with Crippen molar-refractivity contribution in [1.29, 1.82) is 0 Å². The van der Waals surface area contributed by atoms with Crippen LogP contribution in [0.1, 0.15) is 13.3 Å². The highest BCUT2D eigenvalue weighted by molar-refractivity contribution is 5.95. The van der Waals surface area contributed by atoms with Crippen LogP contribution in [0.4, 0.5) is 5.69 Å². The van der Waals surface area contributed by atoms with Crippen LogP contribution in [0.2, 0.25) is 0 Å². The SMILES string of the molecule is C=C(CC)Nc1cncc(-c2ccc3[nH]nc(-c4nc5c(-c6ccccn6)cncc5[nH]4)c3n2)c1. The van der Waals surface area contributed by atoms with E-state index in [4.69, 9.17) is 9.97 Å². The smallest absolute Gasteiger partial charge is 0.161 e. The maximum atomic E-state index is 4.90. The number of anilines is 1. The Morgan fingerprint density at radius 2 is 1.86 bits per heavy atom. The molecule has 0 atom stereocenters. The molecule has 0 radical (unpaired) electrons. The van der Waals surface area contributed by atoms with Gasteiger partial charge in [0.15, 0.2) is 11.5 Å². The van der Waals surface area contributed by atoms with Crippen molar-refractivity contribution in [3.05, 3.63) is 79.7 Å². The third kappa shape index (κ3) is 3.78. The molecule has 0 saturated heterocycles. The van der Waals surface area contributed by atoms with Crippen LogP contribution in [0, 0.1) is 0 Å². The zero-order valence-electron chi connectivity index (χ0n) is 18.9. The Bertz CT molecular complexity index is 1680. The van der Waals surface area contributed by atoms with Crippen LogP contribution in [0.3, 0.4) is 0 Å². The van der Waals surface area contributed by atoms with E-state index in [0.717, 1.165) is 56.9 Å². The summed E-state index contributed by atoms with van der Waals surface area (Å²) in [5, 5.41) is 10.8. The highest BCUT2D eigenvalue weighted by atomic mass is 15.2. The predicted octanol–water partition coefficient (Wildman–Crippen LogP) is 5.36. The van der Waals surface area contributed by atoms with Crippen molar-refractivity contribution in [3.8, 4) is 34.0 Å². The lowest BCUT2D eigenvalue weighted by Gasteiger charge is -2.08. The van der Waals surface area contributed by atoms with Crippen LogP contribution >= 0.6 is 0 Å². The number of aromatic nitrogens is 8. The number of fused-ring (bicyclic) bond motifs is 2. The van der Waals surface area contributed by atoms with Gasteiger partial charge in [0, 0.05) is 35.4 Å². The number of hydrogen-bond acceptors (Lipinski definition) is 7. The Morgan fingerprint density at radius 1 is 0.943 bits per heavy atom. The van der Waals surface area contributed by atoms with Crippen molar-refractivity contribution in [1.82, 2.24) is 40.1 Å². The summed E-state index contributed by atoms with van der Waals surface area (Å²) in [7, 11) is 0. The molecule has 9 heteroatoms. The Kier molecular flexibility index (Phi) is 4.99. The van der Waals surface area contributed by atoms with E-state index in [1.54, 1.807) is 31.0 Å². The Morgan fingerprint density at radius 3 is 2.71 bits per heavy atom. The second kappa shape index (κ2) is 8.45. The molecule has 0 bridgehead atoms. The van der Waals surface area contributed by atoms with Gasteiger partial charge in [-0.1, -0.05) is 19.6 Å². The molecule has 0 fully saturated rings. The lowest BCUT2D eigenvalue weighted by molar-refractivity contribution is 1.10. The van der Waals surface area contributed by atoms with Crippen molar-refractivity contribution in [2.24, 2.45) is 0 Å². The largest absolute Gasteiger partial charge is 0.358 e. The fourth-order valence-corrected chi connectivity index (χ4v) is 3.92. The molecule has 0 spiro atoms. The molecule has 6 aromatic rings. The van der Waals surface area contributed by atoms with Gasteiger partial charge in [0.2, 0.25) is 0 Å². The molecule has 6 heterocycles. The molecule has 9 nitrogen and oxygen atoms in total. The van der Waals surface area contributed by atoms with E-state index < -0.39 is 0 Å². The number of hydrogen-bond donors (Lipinski definition) is 3. The van der Waals surface area contributed by atoms with E-state index in [9.17, 15) is 0 Å². The standard InChI is InChI=1S/C26H21N9/c1-3-15(2)30-17-10-16(11-27-12-17)19-7-8-21-24(31-19)25(35-34-21)26-32-22-14-28-13-18(23(22)33-26)20-6-4-5-9-29-20/h4-14,30H,2-3H2,1H3,(H,32,33)(H,34,35). The number of allylic oxidation sites excluding steroid dienone is 1. The highest BCUT2D eigenvalue weighted by Gasteiger charge is 2.17. The van der Waals surface area contributed by atoms with Crippen LogP contribution < -0.4 is 5.32 Å². The van der Waals surface area contributed by atoms with E-state index in [-0.39, 0.29) is 0 Å². The normalized spacial score (nSPS) is 11.2. The summed E-state index contributed by atoms with van der Waals surface area (Å²) >= 11 is 0. The molecular formula is C26H21N9. The molecule has 0 aliphatic rings. The molecule has 0 aromatic carbocycles. The van der Waals surface area contributed by atoms with Gasteiger partial charge in [0.1, 0.15) is 11.0 Å². The highest BCUT2D eigenvalue weighted by Crippen LogP contribution is 2.31. The first-order chi connectivity index (χ1) is 17.2. The molecule has 0 aliphatic carbocycles. The minimum atomic E-state index is 0.605. The summed E-state index contributed by atoms with van der Waals surface area (Å²) in [6.07, 6.45) is 9.68. The summed E-state index contributed by atoms with van der Waals surface area (Å²) < 4.78 is 0. The van der Waals surface area contributed by atoms with Crippen LogP contribution in [-0.2, 0) is 0 Å². The van der Waals surface area contributed by atoms with E-state index in [1.807, 2.05) is 36.4 Å². The average molecular weight is 460 g/mol. The van der Waals surface area contributed by atoms with Crippen molar-refractivity contribution in [2.75, 3.05) is 5.32 Å². The number of pyridine rings is 4. The average Bonchev–Trinajstić information content (AvgIpc) is 3.53. The van der Waals surface area contributed by atoms with Gasteiger partial charge in [0.25, 0.3) is 0 Å². The molecule has 6 aromatic heterocycles. The van der Waals surface area contributed by atoms with Gasteiger partial charge in [-0.2, -0.15) is 5.10 Å². The molecule has 170 valence electrons. The minimum Gasteiger partial charge on any atom is -0.358 e. The van der Waals surface area contributed by atoms with Crippen molar-refractivity contribution in [3.63, 3.8) is 0 Å². The first-order valence-corrected chi connectivity index (χ1v) is 11.2. The van der Waals surface area contributed by atoms with Gasteiger partial charge in [-0.3, -0.25) is 20.1 Å². The van der Waals surface area contributed by atoms with Crippen LogP contribution in [-0.4, -0.2) is 40.1 Å². The van der Waals surface area contributed by atoms with Crippen LogP contribution in [0.25, 0.3) is 56.1 Å². The van der Waals surface area contributed by atoms with Gasteiger partial charge >= 0.3 is 0 Å². The maximum absolute atomic E-state index is 4.90. The van der Waals surface area contributed by atoms with Crippen molar-refractivity contribution >= 4 is 27.8 Å². The van der Waals surface area contributed by atoms with Gasteiger partial charge in [0.05, 0.1) is 40.5 Å². The van der Waals surface area contributed by atoms with Gasteiger partial charge in [-0.15, -0.1) is 0 Å². The molecule has 0 unspecified atom stereocenters. The second-order valence-corrected chi connectivity index (χ2v) is 8.09. The third-order valence-corrected chi connectivity index (χ3v) is 5.75. The summed E-state index contributed by atoms with van der Waals surface area (Å²) in [5.41, 5.74) is 8.86. The van der Waals surface area contributed by atoms with E-state index in [2.05, 4.69) is 49.0 Å². The number of H-pyrrole nitrogens is 2. The zero-order valence-corrected chi connectivity index (χ0v) is 18.9. The number of imidazole rings is 1. The number of nitrogens with one attached hydrogen (secondary N) is 3. The molecule has 6 rings (SSSR count). The van der Waals surface area contributed by atoms with E-state index in [1.165, 1.54) is 0 Å². The first kappa shape index (κ1) is 20.7. The van der Waals surface area contributed by atoms with Crippen LogP contribution in [0.15, 0.2) is 79.7 Å². The molecule has 0 saturated carbocycles. The monoisotopic (exact) mass is 459 g/mol. The molecule has 0 amide bonds. The minimum absolute atomic E-state index is 0.605. The topological polar surface area (TPSA) is 121 Å². The fraction of sp³-hybridized carbons (Fsp3) is 0.0769. The number of nitrogens with zero attached hydrogens (tertiary/aromatic N) is 6. The summed E-state index contributed by atoms with van der Waals surface area (Å²) in [6.45, 7) is 6.06. The Labute approximate surface area is 200 Å². The van der Waals surface area contributed by atoms with Crippen molar-refractivity contribution < 1.29 is 0 Å². The van der Waals surface area contributed by atoms with E-state index in [0.29, 0.717) is 17.0 Å². The Balaban J connectivity index is 1.43. The summed E-state index contributed by atoms with van der Waals surface area (Å²) in [4.78, 5) is 26.3. The van der Waals surface area contributed by atoms with Crippen LogP contribution in [0.5, 0.6) is 0 Å². The number of rotatable bonds is 6. The number of aromatic amines is 2. The summed E-state index contributed by atoms with van der Waals surface area (Å²) in [6, 6.07) is 11.7. The van der Waals surface area contributed by atoms with E-state index >= 15 is 0 Å².